The second-order valence-corrected chi connectivity index (χ2v) is 4.84. The lowest BCUT2D eigenvalue weighted by Crippen LogP contribution is -2.54. The standard InChI is InChI=1S/C12H20N4O6/c1-5(18)15-10-7(16-12(13)14)3-9(11(20)21)22-8(10)2-6(19)4-17/h3,6-8,10,17,19H,2,4H2,1H3,(H,15,18)(H,20,21)(H4,13,14,16)/t6-,7-,8-,10+/m0/s1. The summed E-state index contributed by atoms with van der Waals surface area (Å²) in [6.45, 7) is 0.730. The molecule has 8 N–H and O–H groups in total. The number of carbonyl (C=O) groups excluding carboxylic acids is 1. The van der Waals surface area contributed by atoms with Crippen molar-refractivity contribution in [3.63, 3.8) is 0 Å². The van der Waals surface area contributed by atoms with E-state index in [-0.39, 0.29) is 12.4 Å². The minimum atomic E-state index is -1.33. The van der Waals surface area contributed by atoms with Gasteiger partial charge in [-0.2, -0.15) is 0 Å². The highest BCUT2D eigenvalue weighted by molar-refractivity contribution is 5.85. The van der Waals surface area contributed by atoms with Crippen LogP contribution >= 0.6 is 0 Å². The Bertz CT molecular complexity index is 488. The highest BCUT2D eigenvalue weighted by Crippen LogP contribution is 2.24. The summed E-state index contributed by atoms with van der Waals surface area (Å²) in [6, 6.07) is -1.66. The molecule has 0 fully saturated rings. The van der Waals surface area contributed by atoms with Gasteiger partial charge < -0.3 is 36.8 Å². The maximum atomic E-state index is 11.3. The van der Waals surface area contributed by atoms with E-state index < -0.39 is 48.5 Å². The number of aliphatic imine (C=N–C) groups is 1. The number of carboxylic acid groups (broad SMARTS) is 1. The third-order valence-electron chi connectivity index (χ3n) is 2.96. The minimum Gasteiger partial charge on any atom is -0.481 e. The van der Waals surface area contributed by atoms with Gasteiger partial charge in [0.1, 0.15) is 6.10 Å². The third-order valence-corrected chi connectivity index (χ3v) is 2.96. The first-order chi connectivity index (χ1) is 10.2. The number of aliphatic hydroxyl groups excluding tert-OH is 2. The topological polar surface area (TPSA) is 180 Å². The van der Waals surface area contributed by atoms with Gasteiger partial charge >= 0.3 is 5.97 Å². The molecule has 4 atom stereocenters. The number of nitrogens with one attached hydrogen (secondary N) is 1. The summed E-state index contributed by atoms with van der Waals surface area (Å²) in [5.74, 6) is -2.42. The van der Waals surface area contributed by atoms with Crippen LogP contribution in [0.3, 0.4) is 0 Å². The van der Waals surface area contributed by atoms with E-state index in [1.807, 2.05) is 0 Å². The molecule has 0 aromatic rings. The number of carboxylic acids is 1. The highest BCUT2D eigenvalue weighted by atomic mass is 16.5. The van der Waals surface area contributed by atoms with Crippen molar-refractivity contribution in [1.29, 1.82) is 0 Å². The molecule has 1 aliphatic heterocycles. The molecule has 0 aromatic carbocycles. The van der Waals surface area contributed by atoms with Crippen molar-refractivity contribution in [1.82, 2.24) is 5.32 Å². The number of rotatable bonds is 6. The van der Waals surface area contributed by atoms with E-state index in [4.69, 9.17) is 26.4 Å². The smallest absolute Gasteiger partial charge is 0.370 e. The van der Waals surface area contributed by atoms with Crippen molar-refractivity contribution in [2.75, 3.05) is 6.61 Å². The summed E-state index contributed by atoms with van der Waals surface area (Å²) >= 11 is 0. The Morgan fingerprint density at radius 3 is 2.59 bits per heavy atom. The number of nitrogens with zero attached hydrogens (tertiary/aromatic N) is 1. The van der Waals surface area contributed by atoms with Crippen LogP contribution in [-0.4, -0.2) is 64.1 Å². The molecule has 124 valence electrons. The van der Waals surface area contributed by atoms with Gasteiger partial charge in [-0.05, 0) is 6.08 Å². The number of hydrogen-bond donors (Lipinski definition) is 6. The van der Waals surface area contributed by atoms with E-state index in [1.54, 1.807) is 0 Å². The summed E-state index contributed by atoms with van der Waals surface area (Å²) in [5, 5.41) is 30.1. The lowest BCUT2D eigenvalue weighted by Gasteiger charge is -2.35. The molecule has 1 heterocycles. The quantitative estimate of drug-likeness (QED) is 0.225. The third kappa shape index (κ3) is 4.90. The number of nitrogens with two attached hydrogens (primary N) is 2. The van der Waals surface area contributed by atoms with Gasteiger partial charge in [0.15, 0.2) is 5.96 Å². The molecule has 10 nitrogen and oxygen atoms in total. The fourth-order valence-corrected chi connectivity index (χ4v) is 2.12. The highest BCUT2D eigenvalue weighted by Gasteiger charge is 2.38. The Kier molecular flexibility index (Phi) is 6.13. The number of aliphatic carboxylic acids is 1. The lowest BCUT2D eigenvalue weighted by atomic mass is 9.94. The van der Waals surface area contributed by atoms with Crippen LogP contribution in [0, 0.1) is 0 Å². The Morgan fingerprint density at radius 1 is 1.50 bits per heavy atom. The largest absolute Gasteiger partial charge is 0.481 e. The average Bonchev–Trinajstić information content (AvgIpc) is 2.40. The number of ether oxygens (including phenoxy) is 1. The zero-order valence-electron chi connectivity index (χ0n) is 12.0. The molecule has 0 unspecified atom stereocenters. The maximum absolute atomic E-state index is 11.3. The monoisotopic (exact) mass is 316 g/mol. The molecule has 0 saturated carbocycles. The number of aliphatic hydroxyl groups is 2. The van der Waals surface area contributed by atoms with Gasteiger partial charge in [-0.15, -0.1) is 0 Å². The minimum absolute atomic E-state index is 0.109. The van der Waals surface area contributed by atoms with Crippen molar-refractivity contribution in [3.8, 4) is 0 Å². The molecule has 1 aliphatic rings. The van der Waals surface area contributed by atoms with Crippen LogP contribution in [-0.2, 0) is 14.3 Å². The molecule has 1 amide bonds. The van der Waals surface area contributed by atoms with Gasteiger partial charge in [0, 0.05) is 13.3 Å². The van der Waals surface area contributed by atoms with Crippen LogP contribution in [0.5, 0.6) is 0 Å². The Hall–Kier alpha value is -2.33. The van der Waals surface area contributed by atoms with Crippen molar-refractivity contribution in [2.24, 2.45) is 16.5 Å². The second-order valence-electron chi connectivity index (χ2n) is 4.84. The first-order valence-electron chi connectivity index (χ1n) is 6.51. The molecular formula is C12H20N4O6. The van der Waals surface area contributed by atoms with Crippen LogP contribution in [0.2, 0.25) is 0 Å². The van der Waals surface area contributed by atoms with E-state index in [9.17, 15) is 14.7 Å². The average molecular weight is 316 g/mol. The van der Waals surface area contributed by atoms with E-state index in [0.717, 1.165) is 0 Å². The Balaban J connectivity index is 3.16. The van der Waals surface area contributed by atoms with Crippen LogP contribution in [0.15, 0.2) is 16.8 Å². The van der Waals surface area contributed by atoms with Gasteiger partial charge in [-0.25, -0.2) is 9.79 Å². The molecule has 0 aliphatic carbocycles. The predicted octanol–water partition coefficient (Wildman–Crippen LogP) is -2.76. The van der Waals surface area contributed by atoms with Gasteiger partial charge in [0.05, 0.1) is 24.8 Å². The second kappa shape index (κ2) is 7.61. The van der Waals surface area contributed by atoms with E-state index in [2.05, 4.69) is 10.3 Å². The Morgan fingerprint density at radius 2 is 2.14 bits per heavy atom. The van der Waals surface area contributed by atoms with Crippen molar-refractivity contribution in [2.45, 2.75) is 37.6 Å². The Labute approximate surface area is 126 Å². The molecule has 0 spiro atoms. The zero-order chi connectivity index (χ0) is 16.9. The van der Waals surface area contributed by atoms with Gasteiger partial charge in [0.2, 0.25) is 11.7 Å². The van der Waals surface area contributed by atoms with Gasteiger partial charge in [-0.1, -0.05) is 0 Å². The van der Waals surface area contributed by atoms with Crippen LogP contribution in [0.4, 0.5) is 0 Å². The van der Waals surface area contributed by atoms with Crippen molar-refractivity contribution >= 4 is 17.8 Å². The molecule has 0 aromatic heterocycles. The molecule has 1 rings (SSSR count). The van der Waals surface area contributed by atoms with Crippen LogP contribution in [0.25, 0.3) is 0 Å². The molecule has 0 saturated heterocycles. The fraction of sp³-hybridized carbons (Fsp3) is 0.583. The van der Waals surface area contributed by atoms with E-state index in [0.29, 0.717) is 0 Å². The van der Waals surface area contributed by atoms with Crippen LogP contribution in [0.1, 0.15) is 13.3 Å². The summed E-state index contributed by atoms with van der Waals surface area (Å²) in [5.41, 5.74) is 10.6. The molecular weight excluding hydrogens is 296 g/mol. The summed E-state index contributed by atoms with van der Waals surface area (Å²) < 4.78 is 5.27. The van der Waals surface area contributed by atoms with Crippen LogP contribution < -0.4 is 16.8 Å². The summed E-state index contributed by atoms with van der Waals surface area (Å²) in [7, 11) is 0. The molecule has 10 heteroatoms. The molecule has 0 radical (unpaired) electrons. The predicted molar refractivity (Wildman–Crippen MR) is 75.5 cm³/mol. The van der Waals surface area contributed by atoms with Crippen molar-refractivity contribution < 1.29 is 29.6 Å². The number of amides is 1. The molecule has 22 heavy (non-hydrogen) atoms. The molecule has 0 bridgehead atoms. The lowest BCUT2D eigenvalue weighted by molar-refractivity contribution is -0.139. The summed E-state index contributed by atoms with van der Waals surface area (Å²) in [6.07, 6.45) is -1.00. The number of carbonyl (C=O) groups is 2. The van der Waals surface area contributed by atoms with E-state index >= 15 is 0 Å². The number of hydrogen-bond acceptors (Lipinski definition) is 6. The van der Waals surface area contributed by atoms with Crippen molar-refractivity contribution in [3.05, 3.63) is 11.8 Å². The summed E-state index contributed by atoms with van der Waals surface area (Å²) in [4.78, 5) is 26.3. The van der Waals surface area contributed by atoms with E-state index in [1.165, 1.54) is 13.0 Å². The number of guanidine groups is 1. The fourth-order valence-electron chi connectivity index (χ4n) is 2.12. The van der Waals surface area contributed by atoms with Gasteiger partial charge in [-0.3, -0.25) is 4.79 Å². The first-order valence-corrected chi connectivity index (χ1v) is 6.51. The first kappa shape index (κ1) is 17.7. The normalized spacial score (nSPS) is 25.4. The van der Waals surface area contributed by atoms with Gasteiger partial charge in [0.25, 0.3) is 0 Å². The maximum Gasteiger partial charge on any atom is 0.370 e. The zero-order valence-corrected chi connectivity index (χ0v) is 12.0. The SMILES string of the molecule is CC(=O)N[C@@H]1[C@@H](N=C(N)N)C=C(C(=O)O)O[C@H]1C[C@H](O)CO.